The topological polar surface area (TPSA) is 17.8 Å². The molecule has 0 radical (unpaired) electrons. The molecule has 276 valence electrons. The summed E-state index contributed by atoms with van der Waals surface area (Å²) in [5.41, 5.74) is 16.0. The molecule has 11 rings (SSSR count). The summed E-state index contributed by atoms with van der Waals surface area (Å²) in [5.74, 6) is 2.07. The van der Waals surface area contributed by atoms with E-state index in [4.69, 9.17) is 4.98 Å². The van der Waals surface area contributed by atoms with Crippen LogP contribution >= 0.6 is 0 Å². The Hall–Kier alpha value is -5.47. The van der Waals surface area contributed by atoms with Crippen molar-refractivity contribution in [3.63, 3.8) is 0 Å². The molecule has 0 saturated heterocycles. The van der Waals surface area contributed by atoms with E-state index in [-0.39, 0.29) is 23.2 Å². The third-order valence-corrected chi connectivity index (χ3v) is 14.1. The Morgan fingerprint density at radius 2 is 1.66 bits per heavy atom. The number of benzene rings is 4. The molecular weight excluding hydrogens is 677 g/mol. The van der Waals surface area contributed by atoms with Crippen LogP contribution in [0.15, 0.2) is 180 Å². The lowest BCUT2D eigenvalue weighted by Crippen LogP contribution is -2.38. The average molecular weight is 727 g/mol. The van der Waals surface area contributed by atoms with Gasteiger partial charge >= 0.3 is 0 Å². The average Bonchev–Trinajstić information content (AvgIpc) is 3.65. The van der Waals surface area contributed by atoms with E-state index in [1.165, 1.54) is 61.9 Å². The maximum atomic E-state index is 5.31. The molecule has 0 amide bonds. The molecule has 0 fully saturated rings. The lowest BCUT2D eigenvalue weighted by Gasteiger charge is -2.51. The quantitative estimate of drug-likeness (QED) is 0.165. The van der Waals surface area contributed by atoms with Crippen molar-refractivity contribution in [3.05, 3.63) is 202 Å². The van der Waals surface area contributed by atoms with Crippen LogP contribution in [0.5, 0.6) is 0 Å². The van der Waals surface area contributed by atoms with E-state index in [0.29, 0.717) is 6.04 Å². The second kappa shape index (κ2) is 13.6. The maximum absolute atomic E-state index is 5.31. The van der Waals surface area contributed by atoms with Crippen molar-refractivity contribution in [2.75, 3.05) is 0 Å². The largest absolute Gasteiger partial charge is 0.324 e. The van der Waals surface area contributed by atoms with E-state index in [0.717, 1.165) is 56.9 Å². The zero-order valence-corrected chi connectivity index (χ0v) is 32.5. The number of hydrogen-bond donors (Lipinski definition) is 0. The number of nitrogens with zero attached hydrogens (tertiary/aromatic N) is 2. The first-order valence-electron chi connectivity index (χ1n) is 21.2. The molecule has 6 aliphatic rings. The number of allylic oxidation sites excluding steroid dienone is 16. The van der Waals surface area contributed by atoms with Crippen LogP contribution in [0.2, 0.25) is 0 Å². The minimum Gasteiger partial charge on any atom is -0.324 e. The van der Waals surface area contributed by atoms with Gasteiger partial charge in [-0.05, 0) is 120 Å². The normalized spacial score (nSPS) is 26.9. The zero-order chi connectivity index (χ0) is 37.2. The summed E-state index contributed by atoms with van der Waals surface area (Å²) < 4.78 is 2.59. The van der Waals surface area contributed by atoms with E-state index in [1.54, 1.807) is 16.7 Å². The van der Waals surface area contributed by atoms with Gasteiger partial charge in [-0.25, -0.2) is 4.98 Å². The van der Waals surface area contributed by atoms with E-state index in [2.05, 4.69) is 163 Å². The molecule has 0 bridgehead atoms. The first-order chi connectivity index (χ1) is 27.7. The summed E-state index contributed by atoms with van der Waals surface area (Å²) in [6.45, 7) is 2.57. The van der Waals surface area contributed by atoms with Crippen LogP contribution < -0.4 is 0 Å². The van der Waals surface area contributed by atoms with Crippen LogP contribution in [0.3, 0.4) is 0 Å². The molecule has 0 N–H and O–H groups in total. The monoisotopic (exact) mass is 726 g/mol. The molecule has 1 aromatic heterocycles. The molecule has 56 heavy (non-hydrogen) atoms. The minimum absolute atomic E-state index is 0.0688. The van der Waals surface area contributed by atoms with Gasteiger partial charge in [-0.15, -0.1) is 0 Å². The lowest BCUT2D eigenvalue weighted by atomic mass is 9.52. The Labute approximate surface area is 331 Å². The summed E-state index contributed by atoms with van der Waals surface area (Å²) >= 11 is 0. The Bertz CT molecular complexity index is 2660. The van der Waals surface area contributed by atoms with Crippen molar-refractivity contribution in [3.8, 4) is 0 Å². The highest BCUT2D eigenvalue weighted by Crippen LogP contribution is 2.63. The molecule has 2 nitrogen and oxygen atoms in total. The van der Waals surface area contributed by atoms with Gasteiger partial charge in [0.05, 0.1) is 11.0 Å². The molecule has 4 aromatic carbocycles. The van der Waals surface area contributed by atoms with Crippen molar-refractivity contribution in [1.29, 1.82) is 0 Å². The first kappa shape index (κ1) is 33.8. The Morgan fingerprint density at radius 3 is 2.57 bits per heavy atom. The Kier molecular flexibility index (Phi) is 8.23. The molecule has 5 atom stereocenters. The van der Waals surface area contributed by atoms with Crippen LogP contribution in [-0.2, 0) is 6.42 Å². The van der Waals surface area contributed by atoms with Crippen molar-refractivity contribution in [2.45, 2.75) is 82.6 Å². The molecule has 0 spiro atoms. The van der Waals surface area contributed by atoms with Gasteiger partial charge in [-0.1, -0.05) is 158 Å². The minimum atomic E-state index is -0.0688. The third kappa shape index (κ3) is 5.40. The molecular formula is C54H50N2. The second-order valence-electron chi connectivity index (χ2n) is 17.2. The van der Waals surface area contributed by atoms with Crippen molar-refractivity contribution >= 4 is 27.4 Å². The number of rotatable bonds is 5. The second-order valence-corrected chi connectivity index (χ2v) is 17.2. The number of fused-ring (bicyclic) bond motifs is 5. The number of hydrogen-bond acceptors (Lipinski definition) is 1. The molecule has 5 aromatic rings. The summed E-state index contributed by atoms with van der Waals surface area (Å²) in [4.78, 5) is 5.31. The maximum Gasteiger partial charge on any atom is 0.117 e. The fourth-order valence-corrected chi connectivity index (χ4v) is 11.5. The smallest absolute Gasteiger partial charge is 0.117 e. The van der Waals surface area contributed by atoms with E-state index in [9.17, 15) is 0 Å². The van der Waals surface area contributed by atoms with Gasteiger partial charge < -0.3 is 4.57 Å². The standard InChI is InChI=1S/C54H50N2/c1-54-34-12-11-25-48(54)51(44-23-13-17-37-15-5-7-21-42(37)44)47-35-40(32-33-46(47)52(54)45-24-14-18-38-16-6-8-22-43(38)45)36-28-30-39(31-29-36)53-55-49-26-9-10-27-50(49)56(53)41-19-3-2-4-20-41/h2-3,5-13,15-17,21-30,35,39,41,47,51H,4,14,18-20,31-34H2,1H3. The SMILES string of the molecule is CC12CC=CC=C1C(c1cccc3ccccc13)C1C=C(C3=CCC(c4nc5ccccc5n4C4CC=CCC4)C=C3)CCC1=C2C1=CCCc2ccccc21. The molecule has 1 heterocycles. The van der Waals surface area contributed by atoms with Gasteiger partial charge in [0.2, 0.25) is 0 Å². The van der Waals surface area contributed by atoms with Crippen molar-refractivity contribution in [1.82, 2.24) is 9.55 Å². The van der Waals surface area contributed by atoms with Crippen LogP contribution in [-0.4, -0.2) is 9.55 Å². The lowest BCUT2D eigenvalue weighted by molar-refractivity contribution is 0.386. The molecule has 5 unspecified atom stereocenters. The molecule has 6 aliphatic carbocycles. The van der Waals surface area contributed by atoms with Crippen LogP contribution in [0.1, 0.15) is 98.7 Å². The summed E-state index contributed by atoms with van der Waals surface area (Å²) in [5, 5.41) is 2.72. The van der Waals surface area contributed by atoms with Gasteiger partial charge in [-0.2, -0.15) is 0 Å². The number of para-hydroxylation sites is 2. The van der Waals surface area contributed by atoms with E-state index < -0.39 is 0 Å². The van der Waals surface area contributed by atoms with Crippen LogP contribution in [0.25, 0.3) is 27.4 Å². The molecule has 0 saturated carbocycles. The third-order valence-electron chi connectivity index (χ3n) is 14.1. The van der Waals surface area contributed by atoms with Crippen molar-refractivity contribution in [2.24, 2.45) is 11.3 Å². The van der Waals surface area contributed by atoms with Crippen LogP contribution in [0.4, 0.5) is 0 Å². The van der Waals surface area contributed by atoms with Crippen LogP contribution in [0, 0.1) is 11.3 Å². The predicted octanol–water partition coefficient (Wildman–Crippen LogP) is 13.8. The van der Waals surface area contributed by atoms with E-state index >= 15 is 0 Å². The summed E-state index contributed by atoms with van der Waals surface area (Å²) in [7, 11) is 0. The zero-order valence-electron chi connectivity index (χ0n) is 32.5. The highest BCUT2D eigenvalue weighted by atomic mass is 15.1. The highest BCUT2D eigenvalue weighted by molar-refractivity contribution is 5.89. The Balaban J connectivity index is 1.03. The number of aromatic nitrogens is 2. The van der Waals surface area contributed by atoms with Gasteiger partial charge in [0, 0.05) is 29.2 Å². The number of aryl methyl sites for hydroxylation is 1. The van der Waals surface area contributed by atoms with Gasteiger partial charge in [-0.3, -0.25) is 0 Å². The fraction of sp³-hybridized carbons (Fsp3) is 0.278. The van der Waals surface area contributed by atoms with Crippen molar-refractivity contribution < 1.29 is 0 Å². The summed E-state index contributed by atoms with van der Waals surface area (Å²) in [6.07, 6.45) is 34.6. The van der Waals surface area contributed by atoms with Gasteiger partial charge in [0.25, 0.3) is 0 Å². The Morgan fingerprint density at radius 1 is 0.786 bits per heavy atom. The molecule has 0 aliphatic heterocycles. The van der Waals surface area contributed by atoms with Gasteiger partial charge in [0.1, 0.15) is 5.82 Å². The fourth-order valence-electron chi connectivity index (χ4n) is 11.5. The number of imidazole rings is 1. The summed E-state index contributed by atoms with van der Waals surface area (Å²) in [6, 6.07) is 34.5. The molecule has 2 heteroatoms. The predicted molar refractivity (Wildman–Crippen MR) is 234 cm³/mol. The van der Waals surface area contributed by atoms with E-state index in [1.807, 2.05) is 0 Å². The highest BCUT2D eigenvalue weighted by Gasteiger charge is 2.49. The van der Waals surface area contributed by atoms with Gasteiger partial charge in [0.15, 0.2) is 0 Å². The first-order valence-corrected chi connectivity index (χ1v) is 21.2.